The quantitative estimate of drug-likeness (QED) is 0.875. The molecule has 0 saturated carbocycles. The molecule has 1 aliphatic heterocycles. The van der Waals surface area contributed by atoms with Crippen molar-refractivity contribution in [1.29, 1.82) is 0 Å². The second-order valence-corrected chi connectivity index (χ2v) is 7.50. The van der Waals surface area contributed by atoms with Gasteiger partial charge in [0.05, 0.1) is 6.04 Å². The molecule has 1 amide bonds. The first-order chi connectivity index (χ1) is 11.6. The highest BCUT2D eigenvalue weighted by molar-refractivity contribution is 7.15. The molecule has 1 aromatic heterocycles. The van der Waals surface area contributed by atoms with Gasteiger partial charge in [0.2, 0.25) is 5.91 Å². The molecule has 1 aliphatic rings. The highest BCUT2D eigenvalue weighted by atomic mass is 32.1. The highest BCUT2D eigenvalue weighted by Gasteiger charge is 2.26. The molecular weight excluding hydrogens is 320 g/mol. The molecule has 2 aromatic rings. The van der Waals surface area contributed by atoms with Crippen LogP contribution in [-0.4, -0.2) is 28.9 Å². The lowest BCUT2D eigenvalue weighted by atomic mass is 9.95. The smallest absolute Gasteiger partial charge is 0.223 e. The fraction of sp³-hybridized carbons (Fsp3) is 0.444. The average Bonchev–Trinajstić information content (AvgIpc) is 3.01. The molecule has 0 spiro atoms. The third-order valence-electron chi connectivity index (χ3n) is 4.57. The summed E-state index contributed by atoms with van der Waals surface area (Å²) >= 11 is 1.54. The molecular formula is C18H24N4OS. The predicted molar refractivity (Wildman–Crippen MR) is 97.5 cm³/mol. The maximum atomic E-state index is 12.5. The lowest BCUT2D eigenvalue weighted by Gasteiger charge is -2.31. The van der Waals surface area contributed by atoms with Crippen molar-refractivity contribution in [3.63, 3.8) is 0 Å². The Morgan fingerprint density at radius 2 is 2.08 bits per heavy atom. The normalized spacial score (nSPS) is 17.5. The van der Waals surface area contributed by atoms with Gasteiger partial charge in [0.25, 0.3) is 0 Å². The number of thiazole rings is 1. The number of hydrogen-bond donors (Lipinski definition) is 2. The molecule has 2 heterocycles. The van der Waals surface area contributed by atoms with E-state index in [1.165, 1.54) is 4.88 Å². The van der Waals surface area contributed by atoms with Crippen LogP contribution in [0.15, 0.2) is 36.5 Å². The summed E-state index contributed by atoms with van der Waals surface area (Å²) in [6.45, 7) is 4.80. The number of piperidine rings is 1. The van der Waals surface area contributed by atoms with Crippen LogP contribution in [0, 0.1) is 5.92 Å². The van der Waals surface area contributed by atoms with Gasteiger partial charge in [0.1, 0.15) is 0 Å². The van der Waals surface area contributed by atoms with E-state index in [0.29, 0.717) is 5.13 Å². The molecule has 1 saturated heterocycles. The first kappa shape index (κ1) is 16.9. The number of nitrogens with two attached hydrogens (primary N) is 1. The molecule has 6 heteroatoms. The Hall–Kier alpha value is -1.92. The molecule has 3 N–H and O–H groups in total. The van der Waals surface area contributed by atoms with Gasteiger partial charge in [0, 0.05) is 23.5 Å². The Bertz CT molecular complexity index is 665. The fourth-order valence-corrected chi connectivity index (χ4v) is 3.85. The summed E-state index contributed by atoms with van der Waals surface area (Å²) in [5.41, 5.74) is 6.82. The van der Waals surface area contributed by atoms with E-state index in [1.54, 1.807) is 11.3 Å². The van der Waals surface area contributed by atoms with Crippen molar-refractivity contribution >= 4 is 22.4 Å². The van der Waals surface area contributed by atoms with Crippen molar-refractivity contribution in [3.05, 3.63) is 47.0 Å². The molecule has 5 nitrogen and oxygen atoms in total. The Balaban J connectivity index is 1.46. The number of carbonyl (C=O) groups excluding carboxylic acids is 1. The number of benzene rings is 1. The molecule has 1 aromatic carbocycles. The topological polar surface area (TPSA) is 71.2 Å². The predicted octanol–water partition coefficient (Wildman–Crippen LogP) is 2.81. The molecule has 0 bridgehead atoms. The van der Waals surface area contributed by atoms with Gasteiger partial charge in [-0.2, -0.15) is 0 Å². The SMILES string of the molecule is CC(NC(=O)C1CCN(Cc2cnc(N)s2)CC1)c1ccccc1. The van der Waals surface area contributed by atoms with E-state index < -0.39 is 0 Å². The second kappa shape index (κ2) is 7.77. The lowest BCUT2D eigenvalue weighted by Crippen LogP contribution is -2.40. The summed E-state index contributed by atoms with van der Waals surface area (Å²) < 4.78 is 0. The Morgan fingerprint density at radius 3 is 2.71 bits per heavy atom. The van der Waals surface area contributed by atoms with Crippen LogP contribution < -0.4 is 11.1 Å². The minimum absolute atomic E-state index is 0.0527. The summed E-state index contributed by atoms with van der Waals surface area (Å²) in [6.07, 6.45) is 3.66. The van der Waals surface area contributed by atoms with E-state index in [9.17, 15) is 4.79 Å². The molecule has 1 fully saturated rings. The molecule has 1 unspecified atom stereocenters. The fourth-order valence-electron chi connectivity index (χ4n) is 3.13. The van der Waals surface area contributed by atoms with Crippen molar-refractivity contribution < 1.29 is 4.79 Å². The molecule has 0 radical (unpaired) electrons. The maximum absolute atomic E-state index is 12.5. The summed E-state index contributed by atoms with van der Waals surface area (Å²) in [6, 6.07) is 10.1. The molecule has 24 heavy (non-hydrogen) atoms. The molecule has 128 valence electrons. The number of rotatable bonds is 5. The summed E-state index contributed by atoms with van der Waals surface area (Å²) in [5, 5.41) is 3.77. The van der Waals surface area contributed by atoms with Crippen molar-refractivity contribution in [3.8, 4) is 0 Å². The van der Waals surface area contributed by atoms with E-state index in [2.05, 4.69) is 15.2 Å². The number of anilines is 1. The minimum atomic E-state index is 0.0527. The Morgan fingerprint density at radius 1 is 1.38 bits per heavy atom. The van der Waals surface area contributed by atoms with Crippen LogP contribution in [0.4, 0.5) is 5.13 Å². The summed E-state index contributed by atoms with van der Waals surface area (Å²) in [7, 11) is 0. The van der Waals surface area contributed by atoms with Gasteiger partial charge in [0.15, 0.2) is 5.13 Å². The largest absolute Gasteiger partial charge is 0.375 e. The number of likely N-dealkylation sites (tertiary alicyclic amines) is 1. The van der Waals surface area contributed by atoms with Crippen LogP contribution in [0.3, 0.4) is 0 Å². The average molecular weight is 344 g/mol. The van der Waals surface area contributed by atoms with Crippen LogP contribution in [0.2, 0.25) is 0 Å². The van der Waals surface area contributed by atoms with Crippen molar-refractivity contribution in [2.75, 3.05) is 18.8 Å². The van der Waals surface area contributed by atoms with Gasteiger partial charge in [-0.25, -0.2) is 4.98 Å². The number of carbonyl (C=O) groups is 1. The third-order valence-corrected chi connectivity index (χ3v) is 5.38. The van der Waals surface area contributed by atoms with Crippen LogP contribution >= 0.6 is 11.3 Å². The van der Waals surface area contributed by atoms with E-state index in [-0.39, 0.29) is 17.9 Å². The lowest BCUT2D eigenvalue weighted by molar-refractivity contribution is -0.127. The van der Waals surface area contributed by atoms with E-state index in [0.717, 1.165) is 38.0 Å². The molecule has 1 atom stereocenters. The Kier molecular flexibility index (Phi) is 5.48. The van der Waals surface area contributed by atoms with Gasteiger partial charge >= 0.3 is 0 Å². The van der Waals surface area contributed by atoms with Gasteiger partial charge < -0.3 is 11.1 Å². The van der Waals surface area contributed by atoms with Gasteiger partial charge in [-0.05, 0) is 38.4 Å². The standard InChI is InChI=1S/C18H24N4OS/c1-13(14-5-3-2-4-6-14)21-17(23)15-7-9-22(10-8-15)12-16-11-20-18(19)24-16/h2-6,11,13,15H,7-10,12H2,1H3,(H2,19,20)(H,21,23). The van der Waals surface area contributed by atoms with E-state index >= 15 is 0 Å². The third kappa shape index (κ3) is 4.33. The maximum Gasteiger partial charge on any atom is 0.223 e. The van der Waals surface area contributed by atoms with Gasteiger partial charge in [-0.1, -0.05) is 30.3 Å². The van der Waals surface area contributed by atoms with Crippen molar-refractivity contribution in [2.24, 2.45) is 5.92 Å². The number of amides is 1. The van der Waals surface area contributed by atoms with E-state index in [4.69, 9.17) is 5.73 Å². The van der Waals surface area contributed by atoms with E-state index in [1.807, 2.05) is 43.5 Å². The number of nitrogens with one attached hydrogen (secondary N) is 1. The monoisotopic (exact) mass is 344 g/mol. The van der Waals surface area contributed by atoms with Crippen LogP contribution in [0.25, 0.3) is 0 Å². The van der Waals surface area contributed by atoms with Gasteiger partial charge in [-0.3, -0.25) is 9.69 Å². The zero-order valence-electron chi connectivity index (χ0n) is 13.9. The molecule has 0 aliphatic carbocycles. The van der Waals surface area contributed by atoms with Crippen molar-refractivity contribution in [2.45, 2.75) is 32.4 Å². The zero-order valence-corrected chi connectivity index (χ0v) is 14.8. The zero-order chi connectivity index (χ0) is 16.9. The van der Waals surface area contributed by atoms with Gasteiger partial charge in [-0.15, -0.1) is 11.3 Å². The Labute approximate surface area is 146 Å². The number of hydrogen-bond acceptors (Lipinski definition) is 5. The summed E-state index contributed by atoms with van der Waals surface area (Å²) in [4.78, 5) is 20.1. The highest BCUT2D eigenvalue weighted by Crippen LogP contribution is 2.23. The summed E-state index contributed by atoms with van der Waals surface area (Å²) in [5.74, 6) is 0.284. The van der Waals surface area contributed by atoms with Crippen LogP contribution in [-0.2, 0) is 11.3 Å². The number of aromatic nitrogens is 1. The van der Waals surface area contributed by atoms with Crippen molar-refractivity contribution in [1.82, 2.24) is 15.2 Å². The van der Waals surface area contributed by atoms with Crippen LogP contribution in [0.5, 0.6) is 0 Å². The van der Waals surface area contributed by atoms with Crippen LogP contribution in [0.1, 0.15) is 36.2 Å². The first-order valence-electron chi connectivity index (χ1n) is 8.39. The minimum Gasteiger partial charge on any atom is -0.375 e. The number of nitrogens with zero attached hydrogens (tertiary/aromatic N) is 2. The first-order valence-corrected chi connectivity index (χ1v) is 9.21. The second-order valence-electron chi connectivity index (χ2n) is 6.36. The number of nitrogen functional groups attached to an aromatic ring is 1. The molecule has 3 rings (SSSR count).